The van der Waals surface area contributed by atoms with E-state index in [1.165, 1.54) is 25.8 Å². The molecule has 0 bridgehead atoms. The topological polar surface area (TPSA) is 24.5 Å². The van der Waals surface area contributed by atoms with E-state index in [4.69, 9.17) is 4.74 Å². The van der Waals surface area contributed by atoms with Crippen LogP contribution in [0.3, 0.4) is 0 Å². The van der Waals surface area contributed by atoms with Crippen molar-refractivity contribution in [1.82, 2.24) is 10.2 Å². The lowest BCUT2D eigenvalue weighted by molar-refractivity contribution is 0.0228. The molecule has 3 heteroatoms. The highest BCUT2D eigenvalue weighted by Crippen LogP contribution is 2.35. The van der Waals surface area contributed by atoms with Crippen molar-refractivity contribution in [2.75, 3.05) is 26.7 Å². The van der Waals surface area contributed by atoms with Gasteiger partial charge in [0.25, 0.3) is 0 Å². The first-order valence-corrected chi connectivity index (χ1v) is 7.65. The molecule has 4 unspecified atom stereocenters. The predicted octanol–water partition coefficient (Wildman–Crippen LogP) is 2.12. The largest absolute Gasteiger partial charge is 0.380 e. The Morgan fingerprint density at radius 1 is 1.33 bits per heavy atom. The highest BCUT2D eigenvalue weighted by Gasteiger charge is 2.38. The van der Waals surface area contributed by atoms with Gasteiger partial charge < -0.3 is 10.1 Å². The highest BCUT2D eigenvalue weighted by molar-refractivity contribution is 4.95. The van der Waals surface area contributed by atoms with E-state index in [1.807, 2.05) is 7.11 Å². The van der Waals surface area contributed by atoms with Gasteiger partial charge >= 0.3 is 0 Å². The van der Waals surface area contributed by atoms with Crippen molar-refractivity contribution in [1.29, 1.82) is 0 Å². The molecule has 0 amide bonds. The highest BCUT2D eigenvalue weighted by atomic mass is 16.5. The lowest BCUT2D eigenvalue weighted by atomic mass is 9.93. The van der Waals surface area contributed by atoms with E-state index >= 15 is 0 Å². The molecule has 0 radical (unpaired) electrons. The lowest BCUT2D eigenvalue weighted by Crippen LogP contribution is -2.60. The van der Waals surface area contributed by atoms with Gasteiger partial charge in [0.15, 0.2) is 0 Å². The molecule has 18 heavy (non-hydrogen) atoms. The summed E-state index contributed by atoms with van der Waals surface area (Å²) in [5.41, 5.74) is 0. The number of nitrogens with zero attached hydrogens (tertiary/aromatic N) is 1. The molecule has 0 aromatic heterocycles. The van der Waals surface area contributed by atoms with Crippen LogP contribution in [0, 0.1) is 11.8 Å². The molecule has 2 aliphatic rings. The minimum Gasteiger partial charge on any atom is -0.380 e. The zero-order valence-electron chi connectivity index (χ0n) is 12.5. The fourth-order valence-electron chi connectivity index (χ4n) is 3.12. The van der Waals surface area contributed by atoms with Crippen LogP contribution in [-0.4, -0.2) is 49.8 Å². The van der Waals surface area contributed by atoms with Crippen LogP contribution in [-0.2, 0) is 4.74 Å². The van der Waals surface area contributed by atoms with Gasteiger partial charge in [-0.05, 0) is 31.6 Å². The van der Waals surface area contributed by atoms with Crippen molar-refractivity contribution in [3.8, 4) is 0 Å². The average molecular weight is 254 g/mol. The molecule has 0 aromatic rings. The monoisotopic (exact) mass is 254 g/mol. The fraction of sp³-hybridized carbons (Fsp3) is 1.00. The van der Waals surface area contributed by atoms with Crippen LogP contribution in [0.25, 0.3) is 0 Å². The molecule has 1 aliphatic carbocycles. The molecule has 3 nitrogen and oxygen atoms in total. The summed E-state index contributed by atoms with van der Waals surface area (Å²) in [6.07, 6.45) is 4.46. The van der Waals surface area contributed by atoms with Crippen LogP contribution < -0.4 is 5.32 Å². The minimum absolute atomic E-state index is 0.342. The minimum atomic E-state index is 0.342. The molecule has 2 fully saturated rings. The molecule has 1 heterocycles. The van der Waals surface area contributed by atoms with E-state index in [2.05, 4.69) is 31.0 Å². The van der Waals surface area contributed by atoms with E-state index in [0.29, 0.717) is 12.1 Å². The summed E-state index contributed by atoms with van der Waals surface area (Å²) in [7, 11) is 1.82. The number of nitrogens with one attached hydrogen (secondary N) is 1. The fourth-order valence-corrected chi connectivity index (χ4v) is 3.12. The normalized spacial score (nSPS) is 33.3. The van der Waals surface area contributed by atoms with E-state index in [1.54, 1.807) is 0 Å². The number of piperazine rings is 1. The molecule has 106 valence electrons. The number of rotatable bonds is 6. The van der Waals surface area contributed by atoms with Crippen molar-refractivity contribution >= 4 is 0 Å². The van der Waals surface area contributed by atoms with Gasteiger partial charge in [-0.3, -0.25) is 4.90 Å². The molecule has 0 aromatic carbocycles. The summed E-state index contributed by atoms with van der Waals surface area (Å²) in [5.74, 6) is 1.71. The maximum atomic E-state index is 5.46. The first kappa shape index (κ1) is 14.3. The molecular weight excluding hydrogens is 224 g/mol. The summed E-state index contributed by atoms with van der Waals surface area (Å²) >= 11 is 0. The molecule has 4 atom stereocenters. The third-order valence-electron chi connectivity index (χ3n) is 4.88. The van der Waals surface area contributed by atoms with Gasteiger partial charge in [0.2, 0.25) is 0 Å². The zero-order valence-corrected chi connectivity index (χ0v) is 12.5. The second-order valence-corrected chi connectivity index (χ2v) is 6.31. The molecule has 1 saturated heterocycles. The Morgan fingerprint density at radius 3 is 2.61 bits per heavy atom. The quantitative estimate of drug-likeness (QED) is 0.786. The number of ether oxygens (including phenoxy) is 1. The third-order valence-corrected chi connectivity index (χ3v) is 4.88. The molecule has 1 N–H and O–H groups in total. The maximum absolute atomic E-state index is 5.46. The van der Waals surface area contributed by atoms with Gasteiger partial charge in [0, 0.05) is 38.8 Å². The second-order valence-electron chi connectivity index (χ2n) is 6.31. The number of hydrogen-bond acceptors (Lipinski definition) is 3. The van der Waals surface area contributed by atoms with Crippen molar-refractivity contribution in [3.63, 3.8) is 0 Å². The Bertz CT molecular complexity index is 255. The van der Waals surface area contributed by atoms with Crippen molar-refractivity contribution in [2.24, 2.45) is 11.8 Å². The van der Waals surface area contributed by atoms with Gasteiger partial charge in [0.05, 0.1) is 6.10 Å². The van der Waals surface area contributed by atoms with Crippen molar-refractivity contribution < 1.29 is 4.74 Å². The second kappa shape index (κ2) is 6.36. The maximum Gasteiger partial charge on any atom is 0.0670 e. The van der Waals surface area contributed by atoms with Crippen molar-refractivity contribution in [3.05, 3.63) is 0 Å². The summed E-state index contributed by atoms with van der Waals surface area (Å²) in [5, 5.41) is 3.79. The first-order valence-electron chi connectivity index (χ1n) is 7.65. The van der Waals surface area contributed by atoms with Crippen LogP contribution in [0.1, 0.15) is 40.0 Å². The average Bonchev–Trinajstić information content (AvgIpc) is 3.22. The SMILES string of the molecule is CCC(C)C1CNC(C2CC2)CN1CC(C)OC. The van der Waals surface area contributed by atoms with Gasteiger partial charge in [-0.25, -0.2) is 0 Å². The first-order chi connectivity index (χ1) is 8.65. The predicted molar refractivity (Wildman–Crippen MR) is 75.8 cm³/mol. The van der Waals surface area contributed by atoms with Crippen LogP contribution in [0.4, 0.5) is 0 Å². The van der Waals surface area contributed by atoms with Crippen molar-refractivity contribution in [2.45, 2.75) is 58.2 Å². The van der Waals surface area contributed by atoms with E-state index in [-0.39, 0.29) is 0 Å². The Morgan fingerprint density at radius 2 is 2.06 bits per heavy atom. The van der Waals surface area contributed by atoms with E-state index in [0.717, 1.165) is 31.0 Å². The smallest absolute Gasteiger partial charge is 0.0670 e. The Balaban J connectivity index is 1.95. The number of methoxy groups -OCH3 is 1. The Kier molecular flexibility index (Phi) is 5.05. The van der Waals surface area contributed by atoms with Gasteiger partial charge in [0.1, 0.15) is 0 Å². The van der Waals surface area contributed by atoms with Crippen LogP contribution in [0.15, 0.2) is 0 Å². The van der Waals surface area contributed by atoms with E-state index < -0.39 is 0 Å². The van der Waals surface area contributed by atoms with E-state index in [9.17, 15) is 0 Å². The van der Waals surface area contributed by atoms with Gasteiger partial charge in [-0.1, -0.05) is 20.3 Å². The molecular formula is C15H30N2O. The Labute approximate surface area is 112 Å². The number of hydrogen-bond donors (Lipinski definition) is 1. The standard InChI is InChI=1S/C15H30N2O/c1-5-11(2)15-8-16-14(13-6-7-13)10-17(15)9-12(3)18-4/h11-16H,5-10H2,1-4H3. The van der Waals surface area contributed by atoms with Gasteiger partial charge in [-0.15, -0.1) is 0 Å². The lowest BCUT2D eigenvalue weighted by Gasteiger charge is -2.44. The van der Waals surface area contributed by atoms with Crippen LogP contribution in [0.5, 0.6) is 0 Å². The summed E-state index contributed by atoms with van der Waals surface area (Å²) in [6, 6.07) is 1.41. The summed E-state index contributed by atoms with van der Waals surface area (Å²) < 4.78 is 5.46. The third kappa shape index (κ3) is 3.46. The van der Waals surface area contributed by atoms with Crippen LogP contribution in [0.2, 0.25) is 0 Å². The molecule has 2 rings (SSSR count). The van der Waals surface area contributed by atoms with Crippen LogP contribution >= 0.6 is 0 Å². The zero-order chi connectivity index (χ0) is 13.1. The summed E-state index contributed by atoms with van der Waals surface area (Å²) in [4.78, 5) is 2.68. The Hall–Kier alpha value is -0.120. The molecule has 1 saturated carbocycles. The summed E-state index contributed by atoms with van der Waals surface area (Å²) in [6.45, 7) is 10.3. The molecule has 1 aliphatic heterocycles. The molecule has 0 spiro atoms. The van der Waals surface area contributed by atoms with Gasteiger partial charge in [-0.2, -0.15) is 0 Å².